The van der Waals surface area contributed by atoms with Crippen LogP contribution in [0.4, 0.5) is 0 Å². The van der Waals surface area contributed by atoms with Gasteiger partial charge in [0.2, 0.25) is 0 Å². The molecule has 0 aromatic heterocycles. The Kier molecular flexibility index (Phi) is 2.99. The highest BCUT2D eigenvalue weighted by molar-refractivity contribution is 5.80. The second kappa shape index (κ2) is 4.43. The van der Waals surface area contributed by atoms with Crippen LogP contribution in [0.25, 0.3) is 0 Å². The minimum absolute atomic E-state index is 0.271. The summed E-state index contributed by atoms with van der Waals surface area (Å²) >= 11 is 0. The highest BCUT2D eigenvalue weighted by Crippen LogP contribution is 2.36. The van der Waals surface area contributed by atoms with Crippen molar-refractivity contribution in [2.45, 2.75) is 12.8 Å². The van der Waals surface area contributed by atoms with Crippen molar-refractivity contribution in [3.05, 3.63) is 23.8 Å². The Morgan fingerprint density at radius 3 is 3.06 bits per heavy atom. The second-order valence-corrected chi connectivity index (χ2v) is 3.52. The first-order chi connectivity index (χ1) is 7.76. The van der Waals surface area contributed by atoms with Crippen LogP contribution in [0.1, 0.15) is 18.4 Å². The largest absolute Gasteiger partial charge is 0.494 e. The predicted octanol–water partition coefficient (Wildman–Crippen LogP) is 1.73. The summed E-state index contributed by atoms with van der Waals surface area (Å²) in [6.45, 7) is 2.86. The number of esters is 1. The number of hydrogen-bond acceptors (Lipinski definition) is 4. The molecular formula is C12H14O4. The molecule has 0 bridgehead atoms. The van der Waals surface area contributed by atoms with E-state index in [4.69, 9.17) is 14.2 Å². The van der Waals surface area contributed by atoms with Gasteiger partial charge in [0.1, 0.15) is 24.0 Å². The van der Waals surface area contributed by atoms with Crippen molar-refractivity contribution < 1.29 is 19.0 Å². The molecule has 1 aliphatic heterocycles. The van der Waals surface area contributed by atoms with Crippen molar-refractivity contribution >= 4 is 5.97 Å². The van der Waals surface area contributed by atoms with Crippen LogP contribution >= 0.6 is 0 Å². The first-order valence-corrected chi connectivity index (χ1v) is 5.23. The van der Waals surface area contributed by atoms with E-state index in [1.807, 2.05) is 25.1 Å². The molecule has 86 valence electrons. The van der Waals surface area contributed by atoms with Gasteiger partial charge < -0.3 is 14.2 Å². The van der Waals surface area contributed by atoms with E-state index in [1.165, 1.54) is 7.11 Å². The normalized spacial score (nSPS) is 17.5. The van der Waals surface area contributed by atoms with Crippen molar-refractivity contribution in [3.63, 3.8) is 0 Å². The number of hydrogen-bond donors (Lipinski definition) is 0. The fourth-order valence-corrected chi connectivity index (χ4v) is 1.79. The van der Waals surface area contributed by atoms with E-state index in [-0.39, 0.29) is 11.9 Å². The molecule has 0 radical (unpaired) electrons. The third-order valence-electron chi connectivity index (χ3n) is 2.56. The quantitative estimate of drug-likeness (QED) is 0.731. The van der Waals surface area contributed by atoms with Gasteiger partial charge in [-0.05, 0) is 25.1 Å². The Balaban J connectivity index is 2.29. The van der Waals surface area contributed by atoms with E-state index >= 15 is 0 Å². The molecular weight excluding hydrogens is 208 g/mol. The van der Waals surface area contributed by atoms with Gasteiger partial charge in [-0.15, -0.1) is 0 Å². The summed E-state index contributed by atoms with van der Waals surface area (Å²) in [4.78, 5) is 11.5. The van der Waals surface area contributed by atoms with Crippen LogP contribution in [0.15, 0.2) is 18.2 Å². The Labute approximate surface area is 94.1 Å². The lowest BCUT2D eigenvalue weighted by Crippen LogP contribution is -2.15. The molecule has 4 heteroatoms. The SMILES string of the molecule is CCOc1ccc2c(c1)C(C(=O)OC)CO2. The van der Waals surface area contributed by atoms with Crippen LogP contribution in [0.5, 0.6) is 11.5 Å². The van der Waals surface area contributed by atoms with Gasteiger partial charge >= 0.3 is 5.97 Å². The van der Waals surface area contributed by atoms with Gasteiger partial charge in [-0.2, -0.15) is 0 Å². The average molecular weight is 222 g/mol. The van der Waals surface area contributed by atoms with Gasteiger partial charge in [-0.1, -0.05) is 0 Å². The van der Waals surface area contributed by atoms with Crippen LogP contribution in [0.3, 0.4) is 0 Å². The Bertz CT molecular complexity index is 400. The lowest BCUT2D eigenvalue weighted by atomic mass is 10.0. The van der Waals surface area contributed by atoms with Crippen LogP contribution in [0, 0.1) is 0 Å². The van der Waals surface area contributed by atoms with Crippen molar-refractivity contribution in [2.75, 3.05) is 20.3 Å². The van der Waals surface area contributed by atoms with Crippen LogP contribution in [-0.4, -0.2) is 26.3 Å². The predicted molar refractivity (Wildman–Crippen MR) is 57.9 cm³/mol. The first-order valence-electron chi connectivity index (χ1n) is 5.23. The van der Waals surface area contributed by atoms with E-state index in [1.54, 1.807) is 0 Å². The molecule has 0 saturated heterocycles. The Morgan fingerprint density at radius 1 is 1.56 bits per heavy atom. The number of rotatable bonds is 3. The highest BCUT2D eigenvalue weighted by Gasteiger charge is 2.31. The second-order valence-electron chi connectivity index (χ2n) is 3.52. The standard InChI is InChI=1S/C12H14O4/c1-3-15-8-4-5-11-9(6-8)10(7-16-11)12(13)14-2/h4-6,10H,3,7H2,1-2H3. The molecule has 1 aliphatic rings. The molecule has 4 nitrogen and oxygen atoms in total. The maximum Gasteiger partial charge on any atom is 0.316 e. The van der Waals surface area contributed by atoms with E-state index in [2.05, 4.69) is 0 Å². The third kappa shape index (κ3) is 1.83. The molecule has 0 amide bonds. The van der Waals surface area contributed by atoms with Crippen LogP contribution < -0.4 is 9.47 Å². The number of carbonyl (C=O) groups excluding carboxylic acids is 1. The molecule has 0 aliphatic carbocycles. The van der Waals surface area contributed by atoms with E-state index in [0.29, 0.717) is 13.2 Å². The molecule has 16 heavy (non-hydrogen) atoms. The number of carbonyl (C=O) groups is 1. The monoisotopic (exact) mass is 222 g/mol. The van der Waals surface area contributed by atoms with Gasteiger partial charge in [-0.3, -0.25) is 4.79 Å². The Morgan fingerprint density at radius 2 is 2.38 bits per heavy atom. The first kappa shape index (κ1) is 10.8. The van der Waals surface area contributed by atoms with Gasteiger partial charge in [0.25, 0.3) is 0 Å². The van der Waals surface area contributed by atoms with Gasteiger partial charge in [-0.25, -0.2) is 0 Å². The molecule has 0 spiro atoms. The van der Waals surface area contributed by atoms with Crippen LogP contribution in [-0.2, 0) is 9.53 Å². The lowest BCUT2D eigenvalue weighted by molar-refractivity contribution is -0.142. The number of ether oxygens (including phenoxy) is 3. The fourth-order valence-electron chi connectivity index (χ4n) is 1.79. The molecule has 1 heterocycles. The summed E-state index contributed by atoms with van der Waals surface area (Å²) in [6.07, 6.45) is 0. The summed E-state index contributed by atoms with van der Waals surface area (Å²) in [5, 5.41) is 0. The minimum Gasteiger partial charge on any atom is -0.494 e. The maximum absolute atomic E-state index is 11.5. The minimum atomic E-state index is -0.333. The molecule has 0 N–H and O–H groups in total. The molecule has 1 aromatic rings. The summed E-state index contributed by atoms with van der Waals surface area (Å²) in [5.41, 5.74) is 0.845. The van der Waals surface area contributed by atoms with Gasteiger partial charge in [0.15, 0.2) is 0 Å². The van der Waals surface area contributed by atoms with E-state index < -0.39 is 0 Å². The van der Waals surface area contributed by atoms with Crippen molar-refractivity contribution in [2.24, 2.45) is 0 Å². The molecule has 1 unspecified atom stereocenters. The zero-order valence-electron chi connectivity index (χ0n) is 9.36. The zero-order valence-corrected chi connectivity index (χ0v) is 9.36. The zero-order chi connectivity index (χ0) is 11.5. The number of fused-ring (bicyclic) bond motifs is 1. The highest BCUT2D eigenvalue weighted by atomic mass is 16.5. The summed E-state index contributed by atoms with van der Waals surface area (Å²) in [5.74, 6) is 0.882. The molecule has 0 saturated carbocycles. The molecule has 0 fully saturated rings. The van der Waals surface area contributed by atoms with E-state index in [9.17, 15) is 4.79 Å². The number of methoxy groups -OCH3 is 1. The van der Waals surface area contributed by atoms with E-state index in [0.717, 1.165) is 17.1 Å². The number of benzene rings is 1. The summed E-state index contributed by atoms with van der Waals surface area (Å²) in [7, 11) is 1.38. The van der Waals surface area contributed by atoms with Crippen molar-refractivity contribution in [3.8, 4) is 11.5 Å². The molecule has 1 atom stereocenters. The summed E-state index contributed by atoms with van der Waals surface area (Å²) < 4.78 is 15.5. The fraction of sp³-hybridized carbons (Fsp3) is 0.417. The third-order valence-corrected chi connectivity index (χ3v) is 2.56. The topological polar surface area (TPSA) is 44.8 Å². The molecule has 1 aromatic carbocycles. The smallest absolute Gasteiger partial charge is 0.316 e. The summed E-state index contributed by atoms with van der Waals surface area (Å²) in [6, 6.07) is 5.50. The van der Waals surface area contributed by atoms with Crippen molar-refractivity contribution in [1.82, 2.24) is 0 Å². The van der Waals surface area contributed by atoms with Crippen molar-refractivity contribution in [1.29, 1.82) is 0 Å². The maximum atomic E-state index is 11.5. The average Bonchev–Trinajstić information content (AvgIpc) is 2.71. The molecule has 2 rings (SSSR count). The van der Waals surface area contributed by atoms with Gasteiger partial charge in [0, 0.05) is 5.56 Å². The van der Waals surface area contributed by atoms with Crippen LogP contribution in [0.2, 0.25) is 0 Å². The Hall–Kier alpha value is -1.71. The van der Waals surface area contributed by atoms with Gasteiger partial charge in [0.05, 0.1) is 13.7 Å². The lowest BCUT2D eigenvalue weighted by Gasteiger charge is -2.08.